The maximum absolute atomic E-state index is 9.30. The smallest absolute Gasteiger partial charge is 0.194 e. The number of aryl methyl sites for hydroxylation is 1. The van der Waals surface area contributed by atoms with Crippen LogP contribution in [0, 0.1) is 6.92 Å². The van der Waals surface area contributed by atoms with Crippen molar-refractivity contribution in [3.8, 4) is 11.3 Å². The number of hydrogen-bond donors (Lipinski definition) is 1. The third-order valence-electron chi connectivity index (χ3n) is 2.83. The Balaban J connectivity index is 2.22. The van der Waals surface area contributed by atoms with Crippen molar-refractivity contribution in [3.63, 3.8) is 0 Å². The van der Waals surface area contributed by atoms with Gasteiger partial charge in [-0.15, -0.1) is 11.3 Å². The zero-order chi connectivity index (χ0) is 11.8. The number of thiazole rings is 1. The SMILES string of the molecule is Cc1ccc(-c2csc3ncc(CO)n23)cc1. The molecule has 0 saturated carbocycles. The maximum Gasteiger partial charge on any atom is 0.194 e. The molecule has 0 radical (unpaired) electrons. The summed E-state index contributed by atoms with van der Waals surface area (Å²) in [7, 11) is 0. The van der Waals surface area contributed by atoms with Gasteiger partial charge in [-0.3, -0.25) is 4.40 Å². The van der Waals surface area contributed by atoms with E-state index in [1.54, 1.807) is 17.5 Å². The van der Waals surface area contributed by atoms with E-state index in [1.165, 1.54) is 5.56 Å². The second-order valence-corrected chi connectivity index (χ2v) is 4.85. The number of fused-ring (bicyclic) bond motifs is 1. The molecule has 0 atom stereocenters. The third kappa shape index (κ3) is 1.66. The Hall–Kier alpha value is -1.65. The lowest BCUT2D eigenvalue weighted by atomic mass is 10.1. The summed E-state index contributed by atoms with van der Waals surface area (Å²) in [5.74, 6) is 0. The molecule has 86 valence electrons. The van der Waals surface area contributed by atoms with Gasteiger partial charge in [0.05, 0.1) is 24.2 Å². The predicted octanol–water partition coefficient (Wildman–Crippen LogP) is 2.86. The Kier molecular flexibility index (Phi) is 2.46. The van der Waals surface area contributed by atoms with Gasteiger partial charge in [-0.25, -0.2) is 4.98 Å². The molecule has 0 aliphatic rings. The Labute approximate surface area is 103 Å². The standard InChI is InChI=1S/C13H12N2OS/c1-9-2-4-10(5-3-9)12-8-17-13-14-6-11(7-16)15(12)13/h2-6,8,16H,7H2,1H3. The molecule has 3 aromatic rings. The molecule has 4 heteroatoms. The Morgan fingerprint density at radius 3 is 2.76 bits per heavy atom. The lowest BCUT2D eigenvalue weighted by Gasteiger charge is -2.02. The monoisotopic (exact) mass is 244 g/mol. The van der Waals surface area contributed by atoms with Crippen LogP contribution in [-0.4, -0.2) is 14.5 Å². The molecule has 2 aromatic heterocycles. The first-order chi connectivity index (χ1) is 8.29. The van der Waals surface area contributed by atoms with Crippen LogP contribution in [0.5, 0.6) is 0 Å². The van der Waals surface area contributed by atoms with Gasteiger partial charge in [0, 0.05) is 5.38 Å². The lowest BCUT2D eigenvalue weighted by molar-refractivity contribution is 0.276. The molecule has 1 aromatic carbocycles. The largest absolute Gasteiger partial charge is 0.390 e. The molecular formula is C13H12N2OS. The van der Waals surface area contributed by atoms with Gasteiger partial charge < -0.3 is 5.11 Å². The maximum atomic E-state index is 9.30. The summed E-state index contributed by atoms with van der Waals surface area (Å²) < 4.78 is 2.01. The summed E-state index contributed by atoms with van der Waals surface area (Å²) in [4.78, 5) is 5.20. The van der Waals surface area contributed by atoms with Crippen molar-refractivity contribution in [1.29, 1.82) is 0 Å². The molecule has 2 heterocycles. The molecule has 0 saturated heterocycles. The highest BCUT2D eigenvalue weighted by atomic mass is 32.1. The number of imidazole rings is 1. The van der Waals surface area contributed by atoms with Crippen LogP contribution in [0.25, 0.3) is 16.2 Å². The van der Waals surface area contributed by atoms with E-state index in [2.05, 4.69) is 41.6 Å². The molecule has 0 aliphatic heterocycles. The normalized spacial score (nSPS) is 11.2. The highest BCUT2D eigenvalue weighted by Crippen LogP contribution is 2.27. The molecule has 0 aliphatic carbocycles. The minimum Gasteiger partial charge on any atom is -0.390 e. The summed E-state index contributed by atoms with van der Waals surface area (Å²) in [6, 6.07) is 8.37. The van der Waals surface area contributed by atoms with E-state index in [4.69, 9.17) is 0 Å². The van der Waals surface area contributed by atoms with Crippen LogP contribution in [0.3, 0.4) is 0 Å². The first-order valence-corrected chi connectivity index (χ1v) is 6.29. The number of nitrogens with zero attached hydrogens (tertiary/aromatic N) is 2. The minimum absolute atomic E-state index is 0.0107. The molecule has 17 heavy (non-hydrogen) atoms. The summed E-state index contributed by atoms with van der Waals surface area (Å²) in [6.07, 6.45) is 1.73. The fourth-order valence-corrected chi connectivity index (χ4v) is 2.80. The van der Waals surface area contributed by atoms with Crippen LogP contribution in [0.1, 0.15) is 11.3 Å². The summed E-state index contributed by atoms with van der Waals surface area (Å²) in [5.41, 5.74) is 4.31. The molecule has 3 rings (SSSR count). The van der Waals surface area contributed by atoms with Crippen LogP contribution in [0.15, 0.2) is 35.8 Å². The van der Waals surface area contributed by atoms with Crippen molar-refractivity contribution in [2.45, 2.75) is 13.5 Å². The van der Waals surface area contributed by atoms with E-state index in [0.717, 1.165) is 21.9 Å². The van der Waals surface area contributed by atoms with Crippen molar-refractivity contribution in [1.82, 2.24) is 9.38 Å². The van der Waals surface area contributed by atoms with Crippen molar-refractivity contribution in [2.24, 2.45) is 0 Å². The molecule has 0 unspecified atom stereocenters. The van der Waals surface area contributed by atoms with E-state index in [1.807, 2.05) is 4.40 Å². The van der Waals surface area contributed by atoms with E-state index < -0.39 is 0 Å². The number of hydrogen-bond acceptors (Lipinski definition) is 3. The number of benzene rings is 1. The molecular weight excluding hydrogens is 232 g/mol. The second-order valence-electron chi connectivity index (χ2n) is 4.01. The fourth-order valence-electron chi connectivity index (χ4n) is 1.90. The summed E-state index contributed by atoms with van der Waals surface area (Å²) in [5, 5.41) is 11.4. The molecule has 0 fully saturated rings. The Morgan fingerprint density at radius 2 is 2.06 bits per heavy atom. The average molecular weight is 244 g/mol. The van der Waals surface area contributed by atoms with Gasteiger partial charge in [-0.2, -0.15) is 0 Å². The highest BCUT2D eigenvalue weighted by molar-refractivity contribution is 7.15. The van der Waals surface area contributed by atoms with Crippen molar-refractivity contribution >= 4 is 16.3 Å². The summed E-state index contributed by atoms with van der Waals surface area (Å²) in [6.45, 7) is 2.08. The van der Waals surface area contributed by atoms with Gasteiger partial charge in [-0.05, 0) is 12.5 Å². The van der Waals surface area contributed by atoms with Crippen LogP contribution < -0.4 is 0 Å². The molecule has 0 spiro atoms. The van der Waals surface area contributed by atoms with Crippen LogP contribution >= 0.6 is 11.3 Å². The fraction of sp³-hybridized carbons (Fsp3) is 0.154. The van der Waals surface area contributed by atoms with Gasteiger partial charge in [0.1, 0.15) is 0 Å². The average Bonchev–Trinajstić information content (AvgIpc) is 2.91. The van der Waals surface area contributed by atoms with Crippen molar-refractivity contribution in [3.05, 3.63) is 47.1 Å². The molecule has 0 bridgehead atoms. The van der Waals surface area contributed by atoms with Crippen molar-refractivity contribution in [2.75, 3.05) is 0 Å². The van der Waals surface area contributed by atoms with Gasteiger partial charge in [0.2, 0.25) is 0 Å². The quantitative estimate of drug-likeness (QED) is 0.752. The second kappa shape index (κ2) is 3.98. The topological polar surface area (TPSA) is 37.5 Å². The van der Waals surface area contributed by atoms with Gasteiger partial charge in [-0.1, -0.05) is 29.8 Å². The lowest BCUT2D eigenvalue weighted by Crippen LogP contribution is -1.92. The first kappa shape index (κ1) is 10.5. The summed E-state index contributed by atoms with van der Waals surface area (Å²) >= 11 is 1.59. The van der Waals surface area contributed by atoms with E-state index in [-0.39, 0.29) is 6.61 Å². The van der Waals surface area contributed by atoms with Gasteiger partial charge in [0.15, 0.2) is 4.96 Å². The number of rotatable bonds is 2. The molecule has 0 amide bonds. The van der Waals surface area contributed by atoms with E-state index in [0.29, 0.717) is 0 Å². The zero-order valence-corrected chi connectivity index (χ0v) is 10.2. The predicted molar refractivity (Wildman–Crippen MR) is 69.2 cm³/mol. The minimum atomic E-state index is 0.0107. The Morgan fingerprint density at radius 1 is 1.29 bits per heavy atom. The van der Waals surface area contributed by atoms with Crippen LogP contribution in [-0.2, 0) is 6.61 Å². The first-order valence-electron chi connectivity index (χ1n) is 5.41. The molecule has 1 N–H and O–H groups in total. The Bertz CT molecular complexity index is 652. The number of aliphatic hydroxyl groups excluding tert-OH is 1. The highest BCUT2D eigenvalue weighted by Gasteiger charge is 2.10. The number of aliphatic hydroxyl groups is 1. The van der Waals surface area contributed by atoms with Gasteiger partial charge >= 0.3 is 0 Å². The number of aromatic nitrogens is 2. The third-order valence-corrected chi connectivity index (χ3v) is 3.67. The molecule has 3 nitrogen and oxygen atoms in total. The van der Waals surface area contributed by atoms with Crippen LogP contribution in [0.4, 0.5) is 0 Å². The van der Waals surface area contributed by atoms with Crippen LogP contribution in [0.2, 0.25) is 0 Å². The van der Waals surface area contributed by atoms with Crippen molar-refractivity contribution < 1.29 is 5.11 Å². The van der Waals surface area contributed by atoms with E-state index >= 15 is 0 Å². The van der Waals surface area contributed by atoms with E-state index in [9.17, 15) is 5.11 Å². The zero-order valence-electron chi connectivity index (χ0n) is 9.42. The van der Waals surface area contributed by atoms with Gasteiger partial charge in [0.25, 0.3) is 0 Å².